The van der Waals surface area contributed by atoms with Crippen molar-refractivity contribution in [3.8, 4) is 0 Å². The molecule has 0 aliphatic heterocycles. The van der Waals surface area contributed by atoms with E-state index in [0.29, 0.717) is 5.95 Å². The van der Waals surface area contributed by atoms with Crippen molar-refractivity contribution in [2.45, 2.75) is 17.8 Å². The minimum Gasteiger partial charge on any atom is -0.325 e. The predicted octanol–water partition coefficient (Wildman–Crippen LogP) is 4.21. The van der Waals surface area contributed by atoms with Crippen LogP contribution in [0.15, 0.2) is 46.2 Å². The highest BCUT2D eigenvalue weighted by Gasteiger charge is 2.04. The van der Waals surface area contributed by atoms with Gasteiger partial charge in [-0.05, 0) is 41.4 Å². The molecule has 3 aromatic rings. The molecule has 2 heterocycles. The zero-order valence-corrected chi connectivity index (χ0v) is 12.6. The van der Waals surface area contributed by atoms with Crippen molar-refractivity contribution in [3.05, 3.63) is 52.2 Å². The number of benzene rings is 1. The number of H-pyrrole nitrogens is 1. The summed E-state index contributed by atoms with van der Waals surface area (Å²) in [6, 6.07) is 10.3. The fourth-order valence-electron chi connectivity index (χ4n) is 1.66. The Morgan fingerprint density at radius 3 is 2.85 bits per heavy atom. The van der Waals surface area contributed by atoms with Gasteiger partial charge >= 0.3 is 0 Å². The van der Waals surface area contributed by atoms with Gasteiger partial charge in [0.25, 0.3) is 0 Å². The summed E-state index contributed by atoms with van der Waals surface area (Å²) in [6.07, 6.45) is 0. The average Bonchev–Trinajstić information content (AvgIpc) is 3.10. The van der Waals surface area contributed by atoms with E-state index >= 15 is 0 Å². The molecule has 2 aromatic heterocycles. The van der Waals surface area contributed by atoms with Crippen molar-refractivity contribution in [3.63, 3.8) is 0 Å². The molecule has 3 rings (SSSR count). The Kier molecular flexibility index (Phi) is 4.03. The van der Waals surface area contributed by atoms with Crippen molar-refractivity contribution in [1.82, 2.24) is 15.2 Å². The Bertz CT molecular complexity index is 659. The van der Waals surface area contributed by atoms with Crippen molar-refractivity contribution in [2.75, 3.05) is 5.32 Å². The van der Waals surface area contributed by atoms with Crippen LogP contribution in [0, 0.1) is 6.92 Å². The van der Waals surface area contributed by atoms with Gasteiger partial charge in [-0.3, -0.25) is 0 Å². The molecule has 0 radical (unpaired) electrons. The number of thioether (sulfide) groups is 1. The van der Waals surface area contributed by atoms with E-state index in [2.05, 4.69) is 56.4 Å². The van der Waals surface area contributed by atoms with Crippen molar-refractivity contribution < 1.29 is 0 Å². The number of aromatic nitrogens is 3. The van der Waals surface area contributed by atoms with Crippen LogP contribution in [0.4, 0.5) is 11.6 Å². The van der Waals surface area contributed by atoms with Crippen LogP contribution in [-0.2, 0) is 5.75 Å². The number of nitrogens with one attached hydrogen (secondary N) is 2. The van der Waals surface area contributed by atoms with Crippen LogP contribution in [-0.4, -0.2) is 15.2 Å². The molecule has 0 aliphatic carbocycles. The third-order valence-electron chi connectivity index (χ3n) is 2.73. The summed E-state index contributed by atoms with van der Waals surface area (Å²) in [5.41, 5.74) is 3.54. The SMILES string of the molecule is Cc1ccc(Nc2nc(SCc3ccsc3)n[nH]2)cc1. The molecule has 0 aliphatic rings. The molecule has 2 N–H and O–H groups in total. The summed E-state index contributed by atoms with van der Waals surface area (Å²) in [6.45, 7) is 2.07. The Hall–Kier alpha value is -1.79. The Morgan fingerprint density at radius 2 is 2.10 bits per heavy atom. The predicted molar refractivity (Wildman–Crippen MR) is 84.7 cm³/mol. The highest BCUT2D eigenvalue weighted by atomic mass is 32.2. The number of nitrogens with zero attached hydrogens (tertiary/aromatic N) is 2. The van der Waals surface area contributed by atoms with Gasteiger partial charge in [0, 0.05) is 11.4 Å². The molecular formula is C14H14N4S2. The number of hydrogen-bond acceptors (Lipinski definition) is 5. The maximum Gasteiger partial charge on any atom is 0.223 e. The summed E-state index contributed by atoms with van der Waals surface area (Å²) in [5, 5.41) is 15.3. The third kappa shape index (κ3) is 3.40. The Balaban J connectivity index is 1.60. The van der Waals surface area contributed by atoms with Crippen molar-refractivity contribution in [2.24, 2.45) is 0 Å². The fourth-order valence-corrected chi connectivity index (χ4v) is 3.18. The first kappa shape index (κ1) is 13.2. The monoisotopic (exact) mass is 302 g/mol. The molecule has 1 aromatic carbocycles. The molecule has 0 spiro atoms. The molecule has 0 atom stereocenters. The van der Waals surface area contributed by atoms with E-state index in [1.54, 1.807) is 23.1 Å². The maximum absolute atomic E-state index is 4.42. The van der Waals surface area contributed by atoms with E-state index < -0.39 is 0 Å². The first-order chi connectivity index (χ1) is 9.79. The highest BCUT2D eigenvalue weighted by molar-refractivity contribution is 7.98. The zero-order valence-electron chi connectivity index (χ0n) is 11.0. The quantitative estimate of drug-likeness (QED) is 0.693. The van der Waals surface area contributed by atoms with Gasteiger partial charge in [-0.2, -0.15) is 16.3 Å². The van der Waals surface area contributed by atoms with E-state index in [4.69, 9.17) is 0 Å². The number of thiophene rings is 1. The van der Waals surface area contributed by atoms with Crippen LogP contribution in [0.3, 0.4) is 0 Å². The molecule has 0 saturated heterocycles. The Morgan fingerprint density at radius 1 is 1.25 bits per heavy atom. The molecule has 4 nitrogen and oxygen atoms in total. The molecular weight excluding hydrogens is 288 g/mol. The van der Waals surface area contributed by atoms with E-state index in [1.165, 1.54) is 11.1 Å². The molecule has 0 amide bonds. The van der Waals surface area contributed by atoms with Crippen LogP contribution in [0.5, 0.6) is 0 Å². The summed E-state index contributed by atoms with van der Waals surface area (Å²) >= 11 is 3.33. The Labute approximate surface area is 125 Å². The normalized spacial score (nSPS) is 10.7. The molecule has 6 heteroatoms. The van der Waals surface area contributed by atoms with E-state index in [0.717, 1.165) is 16.6 Å². The average molecular weight is 302 g/mol. The van der Waals surface area contributed by atoms with Crippen LogP contribution in [0.1, 0.15) is 11.1 Å². The first-order valence-corrected chi connectivity index (χ1v) is 8.12. The van der Waals surface area contributed by atoms with Crippen LogP contribution < -0.4 is 5.32 Å². The van der Waals surface area contributed by atoms with Gasteiger partial charge in [-0.15, -0.1) is 5.10 Å². The number of aromatic amines is 1. The number of rotatable bonds is 5. The maximum atomic E-state index is 4.42. The van der Waals surface area contributed by atoms with Gasteiger partial charge in [-0.25, -0.2) is 5.10 Å². The topological polar surface area (TPSA) is 53.6 Å². The fraction of sp³-hybridized carbons (Fsp3) is 0.143. The lowest BCUT2D eigenvalue weighted by Gasteiger charge is -2.01. The summed E-state index contributed by atoms with van der Waals surface area (Å²) in [5.74, 6) is 1.56. The third-order valence-corrected chi connectivity index (χ3v) is 4.38. The molecule has 102 valence electrons. The van der Waals surface area contributed by atoms with Crippen LogP contribution in [0.25, 0.3) is 0 Å². The van der Waals surface area contributed by atoms with Crippen LogP contribution in [0.2, 0.25) is 0 Å². The molecule has 20 heavy (non-hydrogen) atoms. The van der Waals surface area contributed by atoms with Crippen LogP contribution >= 0.6 is 23.1 Å². The molecule has 0 saturated carbocycles. The van der Waals surface area contributed by atoms with Crippen molar-refractivity contribution in [1.29, 1.82) is 0 Å². The minimum atomic E-state index is 0.668. The second kappa shape index (κ2) is 6.11. The second-order valence-electron chi connectivity index (χ2n) is 4.38. The number of aryl methyl sites for hydroxylation is 1. The second-order valence-corrected chi connectivity index (χ2v) is 6.10. The molecule has 0 unspecified atom stereocenters. The van der Waals surface area contributed by atoms with Gasteiger partial charge in [0.05, 0.1) is 0 Å². The van der Waals surface area contributed by atoms with Gasteiger partial charge < -0.3 is 5.32 Å². The van der Waals surface area contributed by atoms with Gasteiger partial charge in [0.1, 0.15) is 0 Å². The van der Waals surface area contributed by atoms with E-state index in [9.17, 15) is 0 Å². The largest absolute Gasteiger partial charge is 0.325 e. The zero-order chi connectivity index (χ0) is 13.8. The molecule has 0 fully saturated rings. The lowest BCUT2D eigenvalue weighted by molar-refractivity contribution is 0.973. The summed E-state index contributed by atoms with van der Waals surface area (Å²) in [4.78, 5) is 4.42. The van der Waals surface area contributed by atoms with Crippen molar-refractivity contribution >= 4 is 34.7 Å². The van der Waals surface area contributed by atoms with Gasteiger partial charge in [-0.1, -0.05) is 29.5 Å². The van der Waals surface area contributed by atoms with E-state index in [-0.39, 0.29) is 0 Å². The first-order valence-electron chi connectivity index (χ1n) is 6.19. The highest BCUT2D eigenvalue weighted by Crippen LogP contribution is 2.22. The van der Waals surface area contributed by atoms with Gasteiger partial charge in [0.2, 0.25) is 11.1 Å². The minimum absolute atomic E-state index is 0.668. The lowest BCUT2D eigenvalue weighted by atomic mass is 10.2. The standard InChI is InChI=1S/C14H14N4S2/c1-10-2-4-12(5-3-10)15-13-16-14(18-17-13)20-9-11-6-7-19-8-11/h2-8H,9H2,1H3,(H2,15,16,17,18). The van der Waals surface area contributed by atoms with Gasteiger partial charge in [0.15, 0.2) is 0 Å². The lowest BCUT2D eigenvalue weighted by Crippen LogP contribution is -1.92. The summed E-state index contributed by atoms with van der Waals surface area (Å²) in [7, 11) is 0. The number of anilines is 2. The smallest absolute Gasteiger partial charge is 0.223 e. The summed E-state index contributed by atoms with van der Waals surface area (Å²) < 4.78 is 0. The number of hydrogen-bond donors (Lipinski definition) is 2. The molecule has 0 bridgehead atoms. The van der Waals surface area contributed by atoms with E-state index in [1.807, 2.05) is 12.1 Å².